The molecule has 0 saturated heterocycles. The zero-order valence-electron chi connectivity index (χ0n) is 9.36. The predicted molar refractivity (Wildman–Crippen MR) is 80.7 cm³/mol. The quantitative estimate of drug-likeness (QED) is 0.838. The SMILES string of the molecule is O=C(Cc1ccccc1Cl)Nc1ccc(I)cn1. The lowest BCUT2D eigenvalue weighted by Crippen LogP contribution is -2.15. The van der Waals surface area contributed by atoms with Crippen LogP contribution in [0, 0.1) is 3.57 Å². The van der Waals surface area contributed by atoms with Crippen molar-refractivity contribution in [1.29, 1.82) is 0 Å². The highest BCUT2D eigenvalue weighted by molar-refractivity contribution is 14.1. The molecule has 2 rings (SSSR count). The fourth-order valence-electron chi connectivity index (χ4n) is 1.45. The Kier molecular flexibility index (Phi) is 4.54. The van der Waals surface area contributed by atoms with E-state index < -0.39 is 0 Å². The lowest BCUT2D eigenvalue weighted by atomic mass is 10.1. The molecular weight excluding hydrogens is 363 g/mol. The van der Waals surface area contributed by atoms with E-state index in [1.54, 1.807) is 18.3 Å². The number of hydrogen-bond acceptors (Lipinski definition) is 2. The summed E-state index contributed by atoms with van der Waals surface area (Å²) in [6.07, 6.45) is 1.94. The standard InChI is InChI=1S/C13H10ClIN2O/c14-11-4-2-1-3-9(11)7-13(18)17-12-6-5-10(15)8-16-12/h1-6,8H,7H2,(H,16,17,18). The summed E-state index contributed by atoms with van der Waals surface area (Å²) >= 11 is 8.16. The monoisotopic (exact) mass is 372 g/mol. The molecule has 0 unspecified atom stereocenters. The van der Waals surface area contributed by atoms with Gasteiger partial charge in [0.05, 0.1) is 6.42 Å². The normalized spacial score (nSPS) is 10.1. The minimum atomic E-state index is -0.128. The van der Waals surface area contributed by atoms with E-state index in [-0.39, 0.29) is 12.3 Å². The fraction of sp³-hybridized carbons (Fsp3) is 0.0769. The van der Waals surface area contributed by atoms with Gasteiger partial charge in [-0.2, -0.15) is 0 Å². The molecule has 1 aromatic heterocycles. The number of anilines is 1. The van der Waals surface area contributed by atoms with Crippen molar-refractivity contribution in [2.75, 3.05) is 5.32 Å². The van der Waals surface area contributed by atoms with Crippen molar-refractivity contribution in [1.82, 2.24) is 4.98 Å². The van der Waals surface area contributed by atoms with Gasteiger partial charge in [-0.05, 0) is 46.4 Å². The van der Waals surface area contributed by atoms with E-state index >= 15 is 0 Å². The summed E-state index contributed by atoms with van der Waals surface area (Å²) in [5.41, 5.74) is 0.808. The molecule has 0 fully saturated rings. The molecular formula is C13H10ClIN2O. The van der Waals surface area contributed by atoms with E-state index in [2.05, 4.69) is 32.9 Å². The van der Waals surface area contributed by atoms with Gasteiger partial charge in [-0.15, -0.1) is 0 Å². The van der Waals surface area contributed by atoms with Crippen molar-refractivity contribution in [3.05, 3.63) is 56.8 Å². The van der Waals surface area contributed by atoms with E-state index in [9.17, 15) is 4.79 Å². The highest BCUT2D eigenvalue weighted by Crippen LogP contribution is 2.16. The highest BCUT2D eigenvalue weighted by atomic mass is 127. The molecule has 0 aliphatic carbocycles. The first-order chi connectivity index (χ1) is 8.65. The van der Waals surface area contributed by atoms with Crippen LogP contribution in [0.1, 0.15) is 5.56 Å². The molecule has 0 spiro atoms. The third-order valence-electron chi connectivity index (χ3n) is 2.30. The highest BCUT2D eigenvalue weighted by Gasteiger charge is 2.07. The molecule has 18 heavy (non-hydrogen) atoms. The predicted octanol–water partition coefficient (Wildman–Crippen LogP) is 3.52. The smallest absolute Gasteiger partial charge is 0.230 e. The molecule has 0 aliphatic heterocycles. The first-order valence-corrected chi connectivity index (χ1v) is 6.75. The lowest BCUT2D eigenvalue weighted by molar-refractivity contribution is -0.115. The largest absolute Gasteiger partial charge is 0.310 e. The summed E-state index contributed by atoms with van der Waals surface area (Å²) in [4.78, 5) is 15.9. The maximum Gasteiger partial charge on any atom is 0.230 e. The molecule has 3 nitrogen and oxygen atoms in total. The Hall–Kier alpha value is -1.14. The Balaban J connectivity index is 2.01. The molecule has 2 aromatic rings. The fourth-order valence-corrected chi connectivity index (χ4v) is 1.97. The van der Waals surface area contributed by atoms with Crippen LogP contribution >= 0.6 is 34.2 Å². The summed E-state index contributed by atoms with van der Waals surface area (Å²) in [5, 5.41) is 3.33. The number of nitrogens with one attached hydrogen (secondary N) is 1. The number of benzene rings is 1. The average molecular weight is 373 g/mol. The van der Waals surface area contributed by atoms with Gasteiger partial charge in [-0.25, -0.2) is 4.98 Å². The van der Waals surface area contributed by atoms with Crippen LogP contribution in [0.5, 0.6) is 0 Å². The Morgan fingerprint density at radius 3 is 2.72 bits per heavy atom. The molecule has 5 heteroatoms. The number of nitrogens with zero attached hydrogens (tertiary/aromatic N) is 1. The molecule has 0 bridgehead atoms. The molecule has 0 saturated carbocycles. The molecule has 92 valence electrons. The van der Waals surface area contributed by atoms with Crippen LogP contribution in [0.15, 0.2) is 42.6 Å². The van der Waals surface area contributed by atoms with Gasteiger partial charge < -0.3 is 5.32 Å². The summed E-state index contributed by atoms with van der Waals surface area (Å²) < 4.78 is 1.02. The van der Waals surface area contributed by atoms with Crippen molar-refractivity contribution in [2.24, 2.45) is 0 Å². The van der Waals surface area contributed by atoms with Gasteiger partial charge in [0.2, 0.25) is 5.91 Å². The van der Waals surface area contributed by atoms with Crippen LogP contribution in [0.25, 0.3) is 0 Å². The molecule has 1 aromatic carbocycles. The number of rotatable bonds is 3. The number of pyridine rings is 1. The van der Waals surface area contributed by atoms with E-state index in [0.29, 0.717) is 10.8 Å². The van der Waals surface area contributed by atoms with Gasteiger partial charge >= 0.3 is 0 Å². The minimum Gasteiger partial charge on any atom is -0.310 e. The second-order valence-electron chi connectivity index (χ2n) is 3.68. The number of amides is 1. The van der Waals surface area contributed by atoms with Crippen LogP contribution in [-0.2, 0) is 11.2 Å². The van der Waals surface area contributed by atoms with Crippen LogP contribution < -0.4 is 5.32 Å². The number of aromatic nitrogens is 1. The van der Waals surface area contributed by atoms with Gasteiger partial charge in [0, 0.05) is 14.8 Å². The minimum absolute atomic E-state index is 0.128. The summed E-state index contributed by atoms with van der Waals surface area (Å²) in [5.74, 6) is 0.421. The number of halogens is 2. The first-order valence-electron chi connectivity index (χ1n) is 5.30. The van der Waals surface area contributed by atoms with E-state index in [1.807, 2.05) is 24.3 Å². The van der Waals surface area contributed by atoms with Crippen molar-refractivity contribution in [3.8, 4) is 0 Å². The third-order valence-corrected chi connectivity index (χ3v) is 3.31. The first kappa shape index (κ1) is 13.3. The second kappa shape index (κ2) is 6.15. The molecule has 0 aliphatic rings. The van der Waals surface area contributed by atoms with Gasteiger partial charge in [0.25, 0.3) is 0 Å². The lowest BCUT2D eigenvalue weighted by Gasteiger charge is -2.05. The van der Waals surface area contributed by atoms with Crippen LogP contribution in [0.2, 0.25) is 5.02 Å². The second-order valence-corrected chi connectivity index (χ2v) is 5.33. The van der Waals surface area contributed by atoms with E-state index in [1.165, 1.54) is 0 Å². The van der Waals surface area contributed by atoms with Gasteiger partial charge in [0.15, 0.2) is 0 Å². The summed E-state index contributed by atoms with van der Waals surface area (Å²) in [6.45, 7) is 0. The Bertz CT molecular complexity index is 557. The number of carbonyl (C=O) groups is 1. The summed E-state index contributed by atoms with van der Waals surface area (Å²) in [7, 11) is 0. The van der Waals surface area contributed by atoms with Crippen LogP contribution in [0.4, 0.5) is 5.82 Å². The molecule has 1 N–H and O–H groups in total. The van der Waals surface area contributed by atoms with E-state index in [4.69, 9.17) is 11.6 Å². The number of hydrogen-bond donors (Lipinski definition) is 1. The maximum atomic E-state index is 11.8. The average Bonchev–Trinajstić information content (AvgIpc) is 2.35. The van der Waals surface area contributed by atoms with Gasteiger partial charge in [-0.1, -0.05) is 29.8 Å². The van der Waals surface area contributed by atoms with Gasteiger partial charge in [-0.3, -0.25) is 4.79 Å². The Morgan fingerprint density at radius 1 is 1.28 bits per heavy atom. The Morgan fingerprint density at radius 2 is 2.06 bits per heavy atom. The summed E-state index contributed by atoms with van der Waals surface area (Å²) in [6, 6.07) is 11.0. The Labute approximate surface area is 124 Å². The topological polar surface area (TPSA) is 42.0 Å². The molecule has 1 amide bonds. The molecule has 0 atom stereocenters. The zero-order valence-corrected chi connectivity index (χ0v) is 12.3. The number of carbonyl (C=O) groups excluding carboxylic acids is 1. The van der Waals surface area contributed by atoms with Crippen LogP contribution in [-0.4, -0.2) is 10.9 Å². The van der Waals surface area contributed by atoms with Crippen molar-refractivity contribution < 1.29 is 4.79 Å². The maximum absolute atomic E-state index is 11.8. The van der Waals surface area contributed by atoms with Crippen molar-refractivity contribution >= 4 is 45.9 Å². The van der Waals surface area contributed by atoms with Crippen molar-refractivity contribution in [3.63, 3.8) is 0 Å². The van der Waals surface area contributed by atoms with Gasteiger partial charge in [0.1, 0.15) is 5.82 Å². The molecule has 1 heterocycles. The van der Waals surface area contributed by atoms with Crippen molar-refractivity contribution in [2.45, 2.75) is 6.42 Å². The van der Waals surface area contributed by atoms with E-state index in [0.717, 1.165) is 9.13 Å². The zero-order chi connectivity index (χ0) is 13.0. The third kappa shape index (κ3) is 3.68. The van der Waals surface area contributed by atoms with Crippen LogP contribution in [0.3, 0.4) is 0 Å². The molecule has 0 radical (unpaired) electrons.